The number of carbonyl (C=O) groups excluding carboxylic acids is 1. The highest BCUT2D eigenvalue weighted by Crippen LogP contribution is 2.55. The van der Waals surface area contributed by atoms with Crippen molar-refractivity contribution in [2.75, 3.05) is 12.8 Å². The first-order valence-corrected chi connectivity index (χ1v) is 17.5. The lowest BCUT2D eigenvalue weighted by Gasteiger charge is -2.45. The zero-order chi connectivity index (χ0) is 30.9. The molecular weight excluding hydrogens is 543 g/mol. The minimum absolute atomic E-state index is 0.0825. The van der Waals surface area contributed by atoms with Gasteiger partial charge in [0.1, 0.15) is 29.8 Å². The van der Waals surface area contributed by atoms with Crippen LogP contribution in [0.2, 0.25) is 0 Å². The lowest BCUT2D eigenvalue weighted by molar-refractivity contribution is -0.139. The largest absolute Gasteiger partial charge is 0.461 e. The highest BCUT2D eigenvalue weighted by Gasteiger charge is 2.44. The number of allylic oxidation sites excluding steroid dienone is 6. The Bertz CT molecular complexity index is 1350. The molecule has 1 aliphatic rings. The molecule has 0 bridgehead atoms. The molecule has 0 heterocycles. The fourth-order valence-electron chi connectivity index (χ4n) is 6.50. The van der Waals surface area contributed by atoms with Crippen LogP contribution >= 0.6 is 7.26 Å². The van der Waals surface area contributed by atoms with Crippen LogP contribution < -0.4 is 15.9 Å². The molecule has 0 spiro atoms. The molecule has 0 N–H and O–H groups in total. The molecule has 224 valence electrons. The number of hydrogen-bond donors (Lipinski definition) is 0. The van der Waals surface area contributed by atoms with Crippen LogP contribution in [0.1, 0.15) is 53.9 Å². The van der Waals surface area contributed by atoms with Crippen molar-refractivity contribution in [2.24, 2.45) is 17.3 Å². The van der Waals surface area contributed by atoms with Gasteiger partial charge in [-0.15, -0.1) is 0 Å². The topological polar surface area (TPSA) is 26.3 Å². The second-order valence-corrected chi connectivity index (χ2v) is 16.1. The number of esters is 1. The summed E-state index contributed by atoms with van der Waals surface area (Å²) >= 11 is 0. The third-order valence-corrected chi connectivity index (χ3v) is 13.5. The Balaban J connectivity index is 1.61. The monoisotopic (exact) mass is 591 g/mol. The van der Waals surface area contributed by atoms with Gasteiger partial charge in [-0.1, -0.05) is 104 Å². The lowest BCUT2D eigenvalue weighted by atomic mass is 9.59. The lowest BCUT2D eigenvalue weighted by Crippen LogP contribution is -2.36. The molecule has 1 fully saturated rings. The number of carbonyl (C=O) groups is 1. The van der Waals surface area contributed by atoms with E-state index >= 15 is 0 Å². The maximum atomic E-state index is 11.2. The number of benzene rings is 3. The van der Waals surface area contributed by atoms with E-state index in [2.05, 4.69) is 143 Å². The van der Waals surface area contributed by atoms with Gasteiger partial charge in [-0.3, -0.25) is 4.79 Å². The molecule has 2 nitrogen and oxygen atoms in total. The summed E-state index contributed by atoms with van der Waals surface area (Å²) in [6, 6.07) is 33.2. The minimum atomic E-state index is -1.91. The molecule has 0 aromatic heterocycles. The fourth-order valence-corrected chi connectivity index (χ4v) is 10.6. The Labute approximate surface area is 260 Å². The van der Waals surface area contributed by atoms with Crippen molar-refractivity contribution in [1.29, 1.82) is 0 Å². The van der Waals surface area contributed by atoms with E-state index in [1.165, 1.54) is 34.0 Å². The van der Waals surface area contributed by atoms with Gasteiger partial charge in [0.2, 0.25) is 0 Å². The Kier molecular flexibility index (Phi) is 11.2. The third-order valence-electron chi connectivity index (χ3n) is 9.19. The zero-order valence-electron chi connectivity index (χ0n) is 26.6. The molecule has 0 aliphatic heterocycles. The van der Waals surface area contributed by atoms with Gasteiger partial charge >= 0.3 is 5.97 Å². The van der Waals surface area contributed by atoms with Gasteiger partial charge in [0.15, 0.2) is 0 Å². The third kappa shape index (κ3) is 7.92. The van der Waals surface area contributed by atoms with Crippen molar-refractivity contribution >= 4 is 29.1 Å². The second kappa shape index (κ2) is 14.8. The van der Waals surface area contributed by atoms with Crippen LogP contribution in [0.15, 0.2) is 139 Å². The molecular formula is C40H48O2P+. The molecule has 0 radical (unpaired) electrons. The van der Waals surface area contributed by atoms with Crippen molar-refractivity contribution in [1.82, 2.24) is 0 Å². The Morgan fingerprint density at radius 3 is 1.86 bits per heavy atom. The van der Waals surface area contributed by atoms with E-state index in [0.29, 0.717) is 18.4 Å². The van der Waals surface area contributed by atoms with Crippen LogP contribution in [0, 0.1) is 17.3 Å². The van der Waals surface area contributed by atoms with Crippen LogP contribution in [0.3, 0.4) is 0 Å². The molecule has 1 saturated carbocycles. The molecule has 3 aromatic rings. The van der Waals surface area contributed by atoms with E-state index in [1.807, 2.05) is 6.92 Å². The summed E-state index contributed by atoms with van der Waals surface area (Å²) in [7, 11) is -1.91. The van der Waals surface area contributed by atoms with Gasteiger partial charge in [0, 0.05) is 12.8 Å². The normalized spacial score (nSPS) is 19.4. The number of ether oxygens (including phenoxy) is 1. The molecule has 1 aliphatic carbocycles. The molecule has 3 aromatic carbocycles. The van der Waals surface area contributed by atoms with Gasteiger partial charge in [0.05, 0.1) is 6.16 Å². The Morgan fingerprint density at radius 2 is 1.37 bits per heavy atom. The second-order valence-electron chi connectivity index (χ2n) is 12.6. The first-order chi connectivity index (χ1) is 20.6. The zero-order valence-corrected chi connectivity index (χ0v) is 27.5. The first-order valence-electron chi connectivity index (χ1n) is 15.5. The number of hydrogen-bond acceptors (Lipinski definition) is 2. The summed E-state index contributed by atoms with van der Waals surface area (Å²) in [5, 5.41) is 4.21. The molecule has 0 amide bonds. The van der Waals surface area contributed by atoms with E-state index in [0.717, 1.165) is 31.0 Å². The van der Waals surface area contributed by atoms with E-state index in [9.17, 15) is 4.79 Å². The standard InChI is InChI=1S/C40H48O2P/c1-31(23-27-39-33(3)24-26-35(40(39,5)6)25-22-32(2)30-42-34(4)41)28-29-43(36-16-10-7-11-17-36,37-18-12-8-13-19-37)38-20-14-9-15-21-38/h7-23,27-28,35,39H,3,24-26,29-30H2,1-2,4-6H3/q+1/b27-23+,31-28+,32-22+/t35-,39+/m0/s1. The van der Waals surface area contributed by atoms with Crippen molar-refractivity contribution in [3.05, 3.63) is 139 Å². The van der Waals surface area contributed by atoms with Crippen LogP contribution in [0.25, 0.3) is 0 Å². The summed E-state index contributed by atoms with van der Waals surface area (Å²) in [6.45, 7) is 15.4. The average molecular weight is 592 g/mol. The minimum Gasteiger partial charge on any atom is -0.461 e. The predicted octanol–water partition coefficient (Wildman–Crippen LogP) is 8.99. The smallest absolute Gasteiger partial charge is 0.302 e. The first kappa shape index (κ1) is 32.4. The van der Waals surface area contributed by atoms with Crippen LogP contribution in [0.5, 0.6) is 0 Å². The molecule has 43 heavy (non-hydrogen) atoms. The highest BCUT2D eigenvalue weighted by molar-refractivity contribution is 7.95. The van der Waals surface area contributed by atoms with Crippen LogP contribution in [-0.2, 0) is 9.53 Å². The van der Waals surface area contributed by atoms with E-state index in [-0.39, 0.29) is 11.4 Å². The quantitative estimate of drug-likeness (QED) is 0.0963. The van der Waals surface area contributed by atoms with Gasteiger partial charge in [-0.25, -0.2) is 0 Å². The van der Waals surface area contributed by atoms with Gasteiger partial charge < -0.3 is 4.74 Å². The Morgan fingerprint density at radius 1 is 0.860 bits per heavy atom. The van der Waals surface area contributed by atoms with Crippen molar-refractivity contribution in [3.8, 4) is 0 Å². The fraction of sp³-hybridized carbons (Fsp3) is 0.325. The van der Waals surface area contributed by atoms with Crippen LogP contribution in [-0.4, -0.2) is 18.7 Å². The van der Waals surface area contributed by atoms with E-state index in [1.54, 1.807) is 0 Å². The van der Waals surface area contributed by atoms with Gasteiger partial charge in [0.25, 0.3) is 0 Å². The molecule has 4 rings (SSSR count). The number of rotatable bonds is 11. The Hall–Kier alpha value is -3.48. The maximum Gasteiger partial charge on any atom is 0.302 e. The molecule has 2 atom stereocenters. The van der Waals surface area contributed by atoms with Gasteiger partial charge in [-0.05, 0) is 92.5 Å². The summed E-state index contributed by atoms with van der Waals surface area (Å²) < 4.78 is 5.19. The van der Waals surface area contributed by atoms with Gasteiger partial charge in [-0.2, -0.15) is 0 Å². The summed E-state index contributed by atoms with van der Waals surface area (Å²) in [5.41, 5.74) is 3.81. The summed E-state index contributed by atoms with van der Waals surface area (Å²) in [6.07, 6.45) is 13.6. The van der Waals surface area contributed by atoms with Crippen molar-refractivity contribution in [2.45, 2.75) is 53.9 Å². The SMILES string of the molecule is C=C1CC[C@H](C/C=C(\C)COC(C)=O)C(C)(C)[C@@H]1/C=C/C(C)=C/C[P+](c1ccccc1)(c1ccccc1)c1ccccc1. The average Bonchev–Trinajstić information content (AvgIpc) is 3.01. The molecule has 0 unspecified atom stereocenters. The van der Waals surface area contributed by atoms with E-state index < -0.39 is 7.26 Å². The van der Waals surface area contributed by atoms with Crippen LogP contribution in [0.4, 0.5) is 0 Å². The predicted molar refractivity (Wildman–Crippen MR) is 187 cm³/mol. The van der Waals surface area contributed by atoms with Crippen molar-refractivity contribution in [3.63, 3.8) is 0 Å². The summed E-state index contributed by atoms with van der Waals surface area (Å²) in [4.78, 5) is 11.2. The summed E-state index contributed by atoms with van der Waals surface area (Å²) in [5.74, 6) is 0.622. The van der Waals surface area contributed by atoms with Crippen molar-refractivity contribution < 1.29 is 9.53 Å². The highest BCUT2D eigenvalue weighted by atomic mass is 31.2. The van der Waals surface area contributed by atoms with E-state index in [4.69, 9.17) is 4.74 Å². The molecule has 3 heteroatoms. The molecule has 0 saturated heterocycles. The maximum absolute atomic E-state index is 11.2.